The van der Waals surface area contributed by atoms with Crippen LogP contribution >= 0.6 is 11.3 Å². The molecule has 0 unspecified atom stereocenters. The normalized spacial score (nSPS) is 14.1. The first-order chi connectivity index (χ1) is 14.5. The fraction of sp³-hybridized carbons (Fsp3) is 0.333. The van der Waals surface area contributed by atoms with Crippen molar-refractivity contribution in [3.05, 3.63) is 68.6 Å². The third-order valence-corrected chi connectivity index (χ3v) is 6.20. The van der Waals surface area contributed by atoms with E-state index in [0.717, 1.165) is 36.9 Å². The number of carbonyl (C=O) groups excluding carboxylic acids is 2. The van der Waals surface area contributed by atoms with Crippen LogP contribution in [0.5, 0.6) is 0 Å². The van der Waals surface area contributed by atoms with Gasteiger partial charge in [-0.2, -0.15) is 0 Å². The Balaban J connectivity index is 1.49. The van der Waals surface area contributed by atoms with Crippen LogP contribution in [-0.2, 0) is 35.4 Å². The molecule has 2 amide bonds. The summed E-state index contributed by atoms with van der Waals surface area (Å²) in [6.07, 6.45) is 4.28. The van der Waals surface area contributed by atoms with Crippen LogP contribution in [0.1, 0.15) is 34.7 Å². The number of urea groups is 1. The van der Waals surface area contributed by atoms with Gasteiger partial charge in [-0.3, -0.25) is 9.20 Å². The third-order valence-electron chi connectivity index (χ3n) is 5.06. The number of aromatic nitrogens is 2. The monoisotopic (exact) mass is 426 g/mol. The van der Waals surface area contributed by atoms with E-state index in [1.54, 1.807) is 4.40 Å². The Morgan fingerprint density at radius 3 is 2.77 bits per heavy atom. The maximum atomic E-state index is 12.6. The lowest BCUT2D eigenvalue weighted by Gasteiger charge is -2.16. The quantitative estimate of drug-likeness (QED) is 0.585. The molecule has 8 nitrogen and oxygen atoms in total. The Hall–Kier alpha value is -3.20. The fourth-order valence-electron chi connectivity index (χ4n) is 3.68. The molecule has 0 radical (unpaired) electrons. The van der Waals surface area contributed by atoms with Crippen molar-refractivity contribution in [1.29, 1.82) is 0 Å². The van der Waals surface area contributed by atoms with Crippen molar-refractivity contribution in [3.8, 4) is 0 Å². The van der Waals surface area contributed by atoms with Gasteiger partial charge in [0.25, 0.3) is 5.56 Å². The number of thiazole rings is 1. The molecule has 1 aliphatic carbocycles. The molecule has 3 N–H and O–H groups in total. The van der Waals surface area contributed by atoms with Crippen molar-refractivity contribution >= 4 is 28.3 Å². The molecule has 30 heavy (non-hydrogen) atoms. The van der Waals surface area contributed by atoms with Gasteiger partial charge in [0, 0.05) is 23.1 Å². The second-order valence-electron chi connectivity index (χ2n) is 7.24. The number of hydrogen-bond acceptors (Lipinski definition) is 6. The maximum absolute atomic E-state index is 12.6. The first-order valence-corrected chi connectivity index (χ1v) is 10.6. The first kappa shape index (κ1) is 20.1. The zero-order valence-electron chi connectivity index (χ0n) is 16.3. The number of nitrogens with two attached hydrogens (primary N) is 1. The molecule has 0 fully saturated rings. The number of aryl methyl sites for hydroxylation is 2. The minimum Gasteiger partial charge on any atom is -0.458 e. The van der Waals surface area contributed by atoms with Crippen molar-refractivity contribution in [2.75, 3.05) is 0 Å². The zero-order valence-corrected chi connectivity index (χ0v) is 17.1. The van der Waals surface area contributed by atoms with Crippen molar-refractivity contribution in [2.45, 2.75) is 44.8 Å². The molecular formula is C21H22N4O4S. The molecule has 3 aromatic rings. The van der Waals surface area contributed by atoms with E-state index in [4.69, 9.17) is 10.5 Å². The largest absolute Gasteiger partial charge is 0.458 e. The van der Waals surface area contributed by atoms with Gasteiger partial charge in [0.15, 0.2) is 4.96 Å². The molecule has 2 heterocycles. The molecule has 0 spiro atoms. The van der Waals surface area contributed by atoms with Gasteiger partial charge in [-0.25, -0.2) is 14.6 Å². The van der Waals surface area contributed by atoms with Crippen LogP contribution < -0.4 is 16.6 Å². The number of rotatable bonds is 6. The smallest absolute Gasteiger partial charge is 0.329 e. The minimum atomic E-state index is -0.927. The van der Waals surface area contributed by atoms with Gasteiger partial charge in [-0.05, 0) is 31.2 Å². The van der Waals surface area contributed by atoms with E-state index in [-0.39, 0.29) is 18.6 Å². The van der Waals surface area contributed by atoms with Crippen molar-refractivity contribution in [2.24, 2.45) is 5.73 Å². The average molecular weight is 426 g/mol. The van der Waals surface area contributed by atoms with E-state index >= 15 is 0 Å². The number of carbonyl (C=O) groups is 2. The first-order valence-electron chi connectivity index (χ1n) is 9.81. The fourth-order valence-corrected chi connectivity index (χ4v) is 4.91. The minimum absolute atomic E-state index is 0.154. The Morgan fingerprint density at radius 1 is 1.23 bits per heavy atom. The highest BCUT2D eigenvalue weighted by Crippen LogP contribution is 2.28. The predicted octanol–water partition coefficient (Wildman–Crippen LogP) is 1.96. The summed E-state index contributed by atoms with van der Waals surface area (Å²) in [5, 5.41) is 2.42. The van der Waals surface area contributed by atoms with Crippen molar-refractivity contribution < 1.29 is 14.3 Å². The van der Waals surface area contributed by atoms with Crippen LogP contribution in [0.3, 0.4) is 0 Å². The van der Waals surface area contributed by atoms with Crippen molar-refractivity contribution in [3.63, 3.8) is 0 Å². The van der Waals surface area contributed by atoms with E-state index in [2.05, 4.69) is 10.3 Å². The molecule has 2 aromatic heterocycles. The number of primary amides is 1. The van der Waals surface area contributed by atoms with Crippen LogP contribution in [0.15, 0.2) is 41.2 Å². The standard InChI is InChI=1S/C21H22N4O4S/c22-20(28)24-15(10-13-6-2-1-3-7-13)19(27)29-12-14-11-18(26)25-16-8-4-5-9-17(16)30-21(25)23-14/h1-3,6-7,11,15H,4-5,8-10,12H2,(H3,22,24,28)/t15-/m1/s1. The number of nitrogens with zero attached hydrogens (tertiary/aromatic N) is 2. The second kappa shape index (κ2) is 8.66. The third kappa shape index (κ3) is 4.35. The average Bonchev–Trinajstić information content (AvgIpc) is 3.11. The zero-order chi connectivity index (χ0) is 21.1. The number of benzene rings is 1. The van der Waals surface area contributed by atoms with E-state index in [0.29, 0.717) is 10.7 Å². The number of hydrogen-bond donors (Lipinski definition) is 2. The van der Waals surface area contributed by atoms with E-state index in [1.165, 1.54) is 22.3 Å². The van der Waals surface area contributed by atoms with Crippen LogP contribution in [-0.4, -0.2) is 27.4 Å². The Morgan fingerprint density at radius 2 is 2.00 bits per heavy atom. The van der Waals surface area contributed by atoms with Gasteiger partial charge >= 0.3 is 12.0 Å². The van der Waals surface area contributed by atoms with Crippen LogP contribution in [0.2, 0.25) is 0 Å². The number of nitrogens with one attached hydrogen (secondary N) is 1. The maximum Gasteiger partial charge on any atom is 0.329 e. The van der Waals surface area contributed by atoms with E-state index in [1.807, 2.05) is 30.3 Å². The van der Waals surface area contributed by atoms with E-state index < -0.39 is 18.0 Å². The Kier molecular flexibility index (Phi) is 5.80. The summed E-state index contributed by atoms with van der Waals surface area (Å²) in [6.45, 7) is -0.154. The molecule has 156 valence electrons. The number of ether oxygens (including phenoxy) is 1. The molecular weight excluding hydrogens is 404 g/mol. The second-order valence-corrected chi connectivity index (χ2v) is 8.30. The molecule has 1 atom stereocenters. The van der Waals surface area contributed by atoms with Crippen LogP contribution in [0.4, 0.5) is 4.79 Å². The lowest BCUT2D eigenvalue weighted by Crippen LogP contribution is -2.45. The lowest BCUT2D eigenvalue weighted by molar-refractivity contribution is -0.147. The summed E-state index contributed by atoms with van der Waals surface area (Å²) in [7, 11) is 0. The summed E-state index contributed by atoms with van der Waals surface area (Å²) in [5.41, 5.74) is 7.33. The van der Waals surface area contributed by atoms with Crippen molar-refractivity contribution in [1.82, 2.24) is 14.7 Å². The van der Waals surface area contributed by atoms with Gasteiger partial charge in [0.05, 0.1) is 5.69 Å². The van der Waals surface area contributed by atoms with Crippen LogP contribution in [0, 0.1) is 0 Å². The molecule has 0 saturated heterocycles. The Bertz CT molecular complexity index is 1140. The Labute approximate surface area is 176 Å². The molecule has 1 aliphatic rings. The number of esters is 1. The van der Waals surface area contributed by atoms with E-state index in [9.17, 15) is 14.4 Å². The number of fused-ring (bicyclic) bond motifs is 3. The molecule has 1 aromatic carbocycles. The summed E-state index contributed by atoms with van der Waals surface area (Å²) < 4.78 is 7.02. The molecule has 0 bridgehead atoms. The SMILES string of the molecule is NC(=O)N[C@H](Cc1ccccc1)C(=O)OCc1cc(=O)n2c3c(sc2n1)CCCC3. The van der Waals surface area contributed by atoms with Gasteiger partial charge < -0.3 is 15.8 Å². The highest BCUT2D eigenvalue weighted by atomic mass is 32.1. The summed E-state index contributed by atoms with van der Waals surface area (Å²) in [4.78, 5) is 42.8. The molecule has 0 aliphatic heterocycles. The van der Waals surface area contributed by atoms with Gasteiger partial charge in [0.2, 0.25) is 0 Å². The molecule has 4 rings (SSSR count). The summed E-state index contributed by atoms with van der Waals surface area (Å²) in [5.74, 6) is -0.634. The summed E-state index contributed by atoms with van der Waals surface area (Å²) in [6, 6.07) is 8.90. The summed E-state index contributed by atoms with van der Waals surface area (Å²) >= 11 is 1.52. The molecule has 0 saturated carbocycles. The number of amides is 2. The van der Waals surface area contributed by atoms with Gasteiger partial charge in [-0.15, -0.1) is 11.3 Å². The predicted molar refractivity (Wildman–Crippen MR) is 112 cm³/mol. The lowest BCUT2D eigenvalue weighted by atomic mass is 10.0. The van der Waals surface area contributed by atoms with Gasteiger partial charge in [0.1, 0.15) is 12.6 Å². The molecule has 9 heteroatoms. The highest BCUT2D eigenvalue weighted by Gasteiger charge is 2.23. The highest BCUT2D eigenvalue weighted by molar-refractivity contribution is 7.17. The van der Waals surface area contributed by atoms with Gasteiger partial charge in [-0.1, -0.05) is 30.3 Å². The topological polar surface area (TPSA) is 116 Å². The van der Waals surface area contributed by atoms with Crippen LogP contribution in [0.25, 0.3) is 4.96 Å².